The van der Waals surface area contributed by atoms with E-state index in [4.69, 9.17) is 16.3 Å². The number of carbonyl (C=O) groups excluding carboxylic acids is 3. The topological polar surface area (TPSA) is 72.5 Å². The third-order valence-corrected chi connectivity index (χ3v) is 4.49. The number of hydrogen-bond donors (Lipinski definition) is 1. The lowest BCUT2D eigenvalue weighted by molar-refractivity contribution is -0.151. The molecule has 2 atom stereocenters. The molecular formula is C22H24ClNO4. The van der Waals surface area contributed by atoms with Crippen molar-refractivity contribution >= 4 is 29.3 Å². The van der Waals surface area contributed by atoms with E-state index in [1.807, 2.05) is 30.3 Å². The van der Waals surface area contributed by atoms with E-state index in [2.05, 4.69) is 5.32 Å². The van der Waals surface area contributed by atoms with Crippen LogP contribution < -0.4 is 5.32 Å². The van der Waals surface area contributed by atoms with Crippen LogP contribution in [0.15, 0.2) is 54.6 Å². The van der Waals surface area contributed by atoms with Crippen LogP contribution in [0.25, 0.3) is 0 Å². The Balaban J connectivity index is 1.98. The largest absolute Gasteiger partial charge is 0.453 e. The molecule has 0 bridgehead atoms. The average molecular weight is 402 g/mol. The first-order chi connectivity index (χ1) is 13.3. The maximum Gasteiger partial charge on any atom is 0.329 e. The number of carbonyl (C=O) groups is 3. The Morgan fingerprint density at radius 2 is 1.57 bits per heavy atom. The molecule has 28 heavy (non-hydrogen) atoms. The van der Waals surface area contributed by atoms with Crippen molar-refractivity contribution in [1.29, 1.82) is 0 Å². The van der Waals surface area contributed by atoms with Crippen LogP contribution in [0, 0.1) is 5.92 Å². The number of ether oxygens (including phenoxy) is 1. The van der Waals surface area contributed by atoms with Crippen LogP contribution in [0.5, 0.6) is 0 Å². The summed E-state index contributed by atoms with van der Waals surface area (Å²) in [6.07, 6.45) is -0.808. The highest BCUT2D eigenvalue weighted by atomic mass is 35.5. The molecule has 0 fully saturated rings. The molecule has 0 saturated carbocycles. The van der Waals surface area contributed by atoms with Gasteiger partial charge in [-0.3, -0.25) is 9.59 Å². The van der Waals surface area contributed by atoms with Gasteiger partial charge in [-0.05, 0) is 42.7 Å². The number of halogens is 1. The zero-order valence-electron chi connectivity index (χ0n) is 16.1. The fourth-order valence-corrected chi connectivity index (χ4v) is 2.78. The molecule has 0 saturated heterocycles. The van der Waals surface area contributed by atoms with Gasteiger partial charge in [-0.1, -0.05) is 55.8 Å². The number of rotatable bonds is 8. The molecule has 6 heteroatoms. The zero-order valence-corrected chi connectivity index (χ0v) is 16.9. The number of hydrogen-bond acceptors (Lipinski definition) is 4. The number of esters is 1. The summed E-state index contributed by atoms with van der Waals surface area (Å²) in [5, 5.41) is 3.23. The molecule has 2 rings (SSSR count). The van der Waals surface area contributed by atoms with Gasteiger partial charge in [-0.2, -0.15) is 0 Å². The third-order valence-electron chi connectivity index (χ3n) is 4.24. The van der Waals surface area contributed by atoms with Gasteiger partial charge in [-0.25, -0.2) is 4.79 Å². The van der Waals surface area contributed by atoms with Crippen molar-refractivity contribution in [3.8, 4) is 0 Å². The summed E-state index contributed by atoms with van der Waals surface area (Å²) in [4.78, 5) is 37.3. The van der Waals surface area contributed by atoms with Gasteiger partial charge in [0.05, 0.1) is 6.42 Å². The first-order valence-electron chi connectivity index (χ1n) is 9.11. The van der Waals surface area contributed by atoms with Gasteiger partial charge in [0, 0.05) is 10.6 Å². The summed E-state index contributed by atoms with van der Waals surface area (Å²) in [6, 6.07) is 14.8. The predicted molar refractivity (Wildman–Crippen MR) is 108 cm³/mol. The molecule has 1 N–H and O–H groups in total. The van der Waals surface area contributed by atoms with Gasteiger partial charge < -0.3 is 10.1 Å². The standard InChI is InChI=1S/C22H24ClNO4/c1-14(2)20(24-19(25)13-16-7-5-4-6-8-16)22(27)28-15(3)21(26)17-9-11-18(23)12-10-17/h4-12,14-15,20H,13H2,1-3H3,(H,24,25)/t15-,20+/m1/s1. The number of nitrogens with one attached hydrogen (secondary N) is 1. The first-order valence-corrected chi connectivity index (χ1v) is 9.49. The van der Waals surface area contributed by atoms with E-state index in [1.165, 1.54) is 6.92 Å². The van der Waals surface area contributed by atoms with Crippen LogP contribution in [0.2, 0.25) is 5.02 Å². The second kappa shape index (κ2) is 10.0. The van der Waals surface area contributed by atoms with E-state index in [-0.39, 0.29) is 24.0 Å². The minimum Gasteiger partial charge on any atom is -0.453 e. The van der Waals surface area contributed by atoms with Gasteiger partial charge >= 0.3 is 5.97 Å². The van der Waals surface area contributed by atoms with Crippen molar-refractivity contribution in [2.24, 2.45) is 5.92 Å². The van der Waals surface area contributed by atoms with Crippen molar-refractivity contribution in [3.63, 3.8) is 0 Å². The van der Waals surface area contributed by atoms with E-state index in [1.54, 1.807) is 38.1 Å². The van der Waals surface area contributed by atoms with E-state index in [0.717, 1.165) is 5.56 Å². The monoisotopic (exact) mass is 401 g/mol. The number of amides is 1. The minimum absolute atomic E-state index is 0.163. The summed E-state index contributed by atoms with van der Waals surface area (Å²) in [5.74, 6) is -1.43. The molecule has 0 heterocycles. The SMILES string of the molecule is CC(C)[C@H](NC(=O)Cc1ccccc1)C(=O)O[C@H](C)C(=O)c1ccc(Cl)cc1. The predicted octanol–water partition coefficient (Wildman–Crippen LogP) is 3.84. The van der Waals surface area contributed by atoms with E-state index in [9.17, 15) is 14.4 Å². The fraction of sp³-hybridized carbons (Fsp3) is 0.318. The van der Waals surface area contributed by atoms with Crippen LogP contribution in [0.4, 0.5) is 0 Å². The summed E-state index contributed by atoms with van der Waals surface area (Å²) in [5.41, 5.74) is 1.25. The highest BCUT2D eigenvalue weighted by Gasteiger charge is 2.29. The Hall–Kier alpha value is -2.66. The van der Waals surface area contributed by atoms with Crippen molar-refractivity contribution in [2.75, 3.05) is 0 Å². The molecule has 0 aromatic heterocycles. The molecule has 2 aromatic rings. The molecule has 0 radical (unpaired) electrons. The lowest BCUT2D eigenvalue weighted by Crippen LogP contribution is -2.47. The molecule has 5 nitrogen and oxygen atoms in total. The van der Waals surface area contributed by atoms with E-state index in [0.29, 0.717) is 10.6 Å². The van der Waals surface area contributed by atoms with Crippen LogP contribution in [-0.4, -0.2) is 29.8 Å². The molecule has 148 valence electrons. The Morgan fingerprint density at radius 1 is 0.964 bits per heavy atom. The van der Waals surface area contributed by atoms with E-state index >= 15 is 0 Å². The van der Waals surface area contributed by atoms with Crippen molar-refractivity contribution in [1.82, 2.24) is 5.32 Å². The Morgan fingerprint density at radius 3 is 2.14 bits per heavy atom. The highest BCUT2D eigenvalue weighted by Crippen LogP contribution is 2.14. The summed E-state index contributed by atoms with van der Waals surface area (Å²) in [7, 11) is 0. The highest BCUT2D eigenvalue weighted by molar-refractivity contribution is 6.30. The lowest BCUT2D eigenvalue weighted by atomic mass is 10.0. The number of benzene rings is 2. The van der Waals surface area contributed by atoms with E-state index < -0.39 is 18.1 Å². The minimum atomic E-state index is -0.971. The van der Waals surface area contributed by atoms with Crippen LogP contribution in [0.1, 0.15) is 36.7 Å². The van der Waals surface area contributed by atoms with Gasteiger partial charge in [0.2, 0.25) is 11.7 Å². The second-order valence-corrected chi connectivity index (χ2v) is 7.34. The molecule has 0 unspecified atom stereocenters. The Kier molecular flexibility index (Phi) is 7.76. The van der Waals surface area contributed by atoms with Gasteiger partial charge in [0.1, 0.15) is 6.04 Å². The first kappa shape index (κ1) is 21.6. The molecule has 0 aliphatic rings. The van der Waals surface area contributed by atoms with Crippen molar-refractivity contribution < 1.29 is 19.1 Å². The summed E-state index contributed by atoms with van der Waals surface area (Å²) in [6.45, 7) is 5.12. The van der Waals surface area contributed by atoms with Crippen molar-refractivity contribution in [3.05, 3.63) is 70.7 Å². The maximum absolute atomic E-state index is 12.6. The zero-order chi connectivity index (χ0) is 20.7. The average Bonchev–Trinajstić information content (AvgIpc) is 2.66. The lowest BCUT2D eigenvalue weighted by Gasteiger charge is -2.23. The quantitative estimate of drug-likeness (QED) is 0.538. The summed E-state index contributed by atoms with van der Waals surface area (Å²) >= 11 is 5.83. The van der Waals surface area contributed by atoms with Crippen LogP contribution in [0.3, 0.4) is 0 Å². The molecule has 0 aliphatic heterocycles. The number of ketones is 1. The van der Waals surface area contributed by atoms with Crippen LogP contribution >= 0.6 is 11.6 Å². The Labute approximate surface area is 170 Å². The van der Waals surface area contributed by atoms with Gasteiger partial charge in [0.25, 0.3) is 0 Å². The maximum atomic E-state index is 12.6. The molecule has 2 aromatic carbocycles. The molecule has 1 amide bonds. The smallest absolute Gasteiger partial charge is 0.329 e. The molecule has 0 aliphatic carbocycles. The van der Waals surface area contributed by atoms with Crippen LogP contribution in [-0.2, 0) is 20.7 Å². The second-order valence-electron chi connectivity index (χ2n) is 6.90. The van der Waals surface area contributed by atoms with Gasteiger partial charge in [0.15, 0.2) is 6.10 Å². The summed E-state index contributed by atoms with van der Waals surface area (Å²) < 4.78 is 5.34. The Bertz CT molecular complexity index is 818. The fourth-order valence-electron chi connectivity index (χ4n) is 2.65. The normalized spacial score (nSPS) is 12.9. The number of Topliss-reactive ketones (excluding diaryl/α,β-unsaturated/α-hetero) is 1. The molecular weight excluding hydrogens is 378 g/mol. The van der Waals surface area contributed by atoms with Gasteiger partial charge in [-0.15, -0.1) is 0 Å². The van der Waals surface area contributed by atoms with Crippen molar-refractivity contribution in [2.45, 2.75) is 39.3 Å². The molecule has 0 spiro atoms. The third kappa shape index (κ3) is 6.20.